The van der Waals surface area contributed by atoms with Gasteiger partial charge in [0, 0.05) is 38.1 Å². The number of ether oxygens (including phenoxy) is 1. The number of alkyl halides is 3. The third-order valence-corrected chi connectivity index (χ3v) is 6.45. The zero-order valence-corrected chi connectivity index (χ0v) is 16.9. The summed E-state index contributed by atoms with van der Waals surface area (Å²) in [6.45, 7) is 1.33. The number of halogens is 3. The van der Waals surface area contributed by atoms with Gasteiger partial charge in [0.25, 0.3) is 5.56 Å². The first kappa shape index (κ1) is 20.3. The minimum absolute atomic E-state index is 0.00942. The van der Waals surface area contributed by atoms with E-state index in [1.807, 2.05) is 6.07 Å². The molecular formula is C21H24F3N5O2. The summed E-state index contributed by atoms with van der Waals surface area (Å²) in [4.78, 5) is 22.3. The Morgan fingerprint density at radius 1 is 1.32 bits per heavy atom. The van der Waals surface area contributed by atoms with Crippen LogP contribution in [0.4, 0.5) is 24.9 Å². The van der Waals surface area contributed by atoms with Gasteiger partial charge in [0.2, 0.25) is 5.95 Å². The van der Waals surface area contributed by atoms with Gasteiger partial charge in [-0.25, -0.2) is 0 Å². The Labute approximate surface area is 177 Å². The highest BCUT2D eigenvalue weighted by Gasteiger charge is 2.49. The molecule has 1 unspecified atom stereocenters. The van der Waals surface area contributed by atoms with E-state index >= 15 is 0 Å². The number of anilines is 2. The third kappa shape index (κ3) is 4.13. The van der Waals surface area contributed by atoms with Crippen LogP contribution >= 0.6 is 0 Å². The van der Waals surface area contributed by atoms with Gasteiger partial charge in [-0.3, -0.25) is 14.3 Å². The Kier molecular flexibility index (Phi) is 5.11. The summed E-state index contributed by atoms with van der Waals surface area (Å²) in [5, 5.41) is 3.12. The van der Waals surface area contributed by atoms with E-state index in [-0.39, 0.29) is 42.9 Å². The van der Waals surface area contributed by atoms with Crippen molar-refractivity contribution in [3.8, 4) is 0 Å². The quantitative estimate of drug-likeness (QED) is 0.752. The number of rotatable bonds is 6. The van der Waals surface area contributed by atoms with Crippen LogP contribution in [0.5, 0.6) is 0 Å². The van der Waals surface area contributed by atoms with Crippen LogP contribution < -0.4 is 15.8 Å². The lowest BCUT2D eigenvalue weighted by atomic mass is 10.1. The maximum absolute atomic E-state index is 13.8. The van der Waals surface area contributed by atoms with Crippen LogP contribution in [0.1, 0.15) is 18.4 Å². The molecular weight excluding hydrogens is 411 g/mol. The van der Waals surface area contributed by atoms with Crippen molar-refractivity contribution in [2.45, 2.75) is 44.1 Å². The van der Waals surface area contributed by atoms with Crippen molar-refractivity contribution >= 4 is 11.8 Å². The number of hydrogen-bond acceptors (Lipinski definition) is 6. The van der Waals surface area contributed by atoms with Gasteiger partial charge in [0.15, 0.2) is 0 Å². The molecule has 0 spiro atoms. The van der Waals surface area contributed by atoms with Crippen molar-refractivity contribution in [2.24, 2.45) is 11.8 Å². The highest BCUT2D eigenvalue weighted by Crippen LogP contribution is 2.47. The molecule has 1 saturated carbocycles. The van der Waals surface area contributed by atoms with Crippen LogP contribution in [0.2, 0.25) is 0 Å². The van der Waals surface area contributed by atoms with Crippen LogP contribution in [0.3, 0.4) is 0 Å². The zero-order chi connectivity index (χ0) is 21.6. The molecule has 2 fully saturated rings. The van der Waals surface area contributed by atoms with Crippen LogP contribution in [-0.4, -0.2) is 52.6 Å². The molecule has 5 rings (SSSR count). The van der Waals surface area contributed by atoms with E-state index in [0.29, 0.717) is 24.8 Å². The molecule has 31 heavy (non-hydrogen) atoms. The Balaban J connectivity index is 1.40. The zero-order valence-electron chi connectivity index (χ0n) is 16.9. The van der Waals surface area contributed by atoms with E-state index in [1.165, 1.54) is 15.5 Å². The van der Waals surface area contributed by atoms with E-state index in [2.05, 4.69) is 15.3 Å². The normalized spacial score (nSPS) is 27.0. The van der Waals surface area contributed by atoms with Gasteiger partial charge in [-0.15, -0.1) is 0 Å². The summed E-state index contributed by atoms with van der Waals surface area (Å²) in [5.41, 5.74) is 0.477. The second-order valence-corrected chi connectivity index (χ2v) is 8.49. The molecule has 2 aromatic heterocycles. The first-order chi connectivity index (χ1) is 14.9. The van der Waals surface area contributed by atoms with Crippen molar-refractivity contribution in [1.82, 2.24) is 14.5 Å². The fourth-order valence-corrected chi connectivity index (χ4v) is 4.66. The number of nitrogens with zero attached hydrogens (tertiary/aromatic N) is 4. The van der Waals surface area contributed by atoms with Crippen molar-refractivity contribution in [3.63, 3.8) is 0 Å². The highest BCUT2D eigenvalue weighted by molar-refractivity contribution is 5.45. The SMILES string of the molecule is O=c1cc(NC[C@H]2OC[C@@H]3CC32)nc2n1CC[C@@H](C(F)(F)F)N2CCc1cccnc1. The maximum Gasteiger partial charge on any atom is 0.408 e. The van der Waals surface area contributed by atoms with E-state index in [4.69, 9.17) is 4.74 Å². The second kappa shape index (κ2) is 7.81. The average molecular weight is 435 g/mol. The molecule has 2 aliphatic heterocycles. The molecule has 1 saturated heterocycles. The summed E-state index contributed by atoms with van der Waals surface area (Å²) in [6, 6.07) is 3.25. The molecule has 4 heterocycles. The number of nitrogens with one attached hydrogen (secondary N) is 1. The molecule has 4 atom stereocenters. The molecule has 7 nitrogen and oxygen atoms in total. The standard InChI is InChI=1S/C21H24F3N5O2/c22-21(23,24)17-4-7-29-19(30)9-18(26-11-16-15-8-14(15)12-31-16)27-20(29)28(17)6-3-13-2-1-5-25-10-13/h1-2,5,9-10,14-17,26H,3-4,6-8,11-12H2/t14-,15?,16+,17-/m0/s1. The molecule has 0 aromatic carbocycles. The molecule has 0 radical (unpaired) electrons. The topological polar surface area (TPSA) is 72.3 Å². The van der Waals surface area contributed by atoms with E-state index in [1.54, 1.807) is 18.5 Å². The first-order valence-corrected chi connectivity index (χ1v) is 10.6. The van der Waals surface area contributed by atoms with E-state index in [9.17, 15) is 18.0 Å². The summed E-state index contributed by atoms with van der Waals surface area (Å²) < 4.78 is 48.5. The van der Waals surface area contributed by atoms with Gasteiger partial charge in [0.05, 0.1) is 12.7 Å². The van der Waals surface area contributed by atoms with Gasteiger partial charge < -0.3 is 15.0 Å². The number of hydrogen-bond donors (Lipinski definition) is 1. The van der Waals surface area contributed by atoms with Gasteiger partial charge in [-0.05, 0) is 42.7 Å². The molecule has 166 valence electrons. The van der Waals surface area contributed by atoms with Crippen molar-refractivity contribution in [3.05, 3.63) is 46.5 Å². The van der Waals surface area contributed by atoms with Gasteiger partial charge >= 0.3 is 6.18 Å². The predicted octanol–water partition coefficient (Wildman–Crippen LogP) is 2.47. The molecule has 0 amide bonds. The Hall–Kier alpha value is -2.62. The van der Waals surface area contributed by atoms with E-state index < -0.39 is 12.2 Å². The molecule has 0 bridgehead atoms. The summed E-state index contributed by atoms with van der Waals surface area (Å²) in [5.74, 6) is 1.52. The van der Waals surface area contributed by atoms with Crippen LogP contribution in [-0.2, 0) is 17.7 Å². The lowest BCUT2D eigenvalue weighted by Crippen LogP contribution is -2.53. The minimum atomic E-state index is -4.42. The lowest BCUT2D eigenvalue weighted by molar-refractivity contribution is -0.152. The third-order valence-electron chi connectivity index (χ3n) is 6.45. The van der Waals surface area contributed by atoms with E-state index in [0.717, 1.165) is 18.6 Å². The largest absolute Gasteiger partial charge is 0.408 e. The van der Waals surface area contributed by atoms with Crippen molar-refractivity contribution in [1.29, 1.82) is 0 Å². The molecule has 3 aliphatic rings. The highest BCUT2D eigenvalue weighted by atomic mass is 19.4. The summed E-state index contributed by atoms with van der Waals surface area (Å²) >= 11 is 0. The van der Waals surface area contributed by atoms with Gasteiger partial charge in [-0.1, -0.05) is 6.07 Å². The molecule has 1 N–H and O–H groups in total. The number of aromatic nitrogens is 3. The van der Waals surface area contributed by atoms with Crippen LogP contribution in [0.15, 0.2) is 35.4 Å². The average Bonchev–Trinajstić information content (AvgIpc) is 3.42. The molecule has 10 heteroatoms. The Bertz CT molecular complexity index is 997. The summed E-state index contributed by atoms with van der Waals surface area (Å²) in [7, 11) is 0. The van der Waals surface area contributed by atoms with Gasteiger partial charge in [-0.2, -0.15) is 18.2 Å². The minimum Gasteiger partial charge on any atom is -0.376 e. The smallest absolute Gasteiger partial charge is 0.376 e. The van der Waals surface area contributed by atoms with Crippen molar-refractivity contribution < 1.29 is 17.9 Å². The Morgan fingerprint density at radius 2 is 2.19 bits per heavy atom. The van der Waals surface area contributed by atoms with Gasteiger partial charge in [0.1, 0.15) is 11.9 Å². The van der Waals surface area contributed by atoms with Crippen LogP contribution in [0.25, 0.3) is 0 Å². The fraction of sp³-hybridized carbons (Fsp3) is 0.571. The number of fused-ring (bicyclic) bond motifs is 2. The Morgan fingerprint density at radius 3 is 2.87 bits per heavy atom. The predicted molar refractivity (Wildman–Crippen MR) is 108 cm³/mol. The second-order valence-electron chi connectivity index (χ2n) is 8.49. The molecule has 1 aliphatic carbocycles. The lowest BCUT2D eigenvalue weighted by Gasteiger charge is -2.39. The first-order valence-electron chi connectivity index (χ1n) is 10.6. The summed E-state index contributed by atoms with van der Waals surface area (Å²) in [6.07, 6.45) is 0.244. The fourth-order valence-electron chi connectivity index (χ4n) is 4.66. The van der Waals surface area contributed by atoms with Crippen LogP contribution in [0, 0.1) is 11.8 Å². The number of pyridine rings is 1. The van der Waals surface area contributed by atoms with Crippen molar-refractivity contribution in [2.75, 3.05) is 29.9 Å². The monoisotopic (exact) mass is 435 g/mol. The maximum atomic E-state index is 13.8. The molecule has 2 aromatic rings.